The zero-order valence-corrected chi connectivity index (χ0v) is 12.7. The second kappa shape index (κ2) is 4.23. The number of aryl methyl sites for hydroxylation is 1. The predicted molar refractivity (Wildman–Crippen MR) is 78.5 cm³/mol. The Hall–Kier alpha value is -2.15. The number of ether oxygens (including phenoxy) is 1. The van der Waals surface area contributed by atoms with Crippen molar-refractivity contribution in [2.45, 2.75) is 37.5 Å². The van der Waals surface area contributed by atoms with Crippen molar-refractivity contribution in [1.29, 1.82) is 0 Å². The molecule has 5 rings (SSSR count). The van der Waals surface area contributed by atoms with Crippen molar-refractivity contribution in [1.82, 2.24) is 10.5 Å². The van der Waals surface area contributed by atoms with Crippen LogP contribution in [0, 0.1) is 18.8 Å². The Morgan fingerprint density at radius 3 is 3.00 bits per heavy atom. The lowest BCUT2D eigenvalue weighted by Crippen LogP contribution is -2.44. The molecule has 3 fully saturated rings. The van der Waals surface area contributed by atoms with Crippen LogP contribution < -0.4 is 10.2 Å². The minimum Gasteiger partial charge on any atom is -0.360 e. The summed E-state index contributed by atoms with van der Waals surface area (Å²) in [6.07, 6.45) is 5.60. The van der Waals surface area contributed by atoms with Gasteiger partial charge in [0, 0.05) is 12.1 Å². The van der Waals surface area contributed by atoms with Crippen LogP contribution in [0.5, 0.6) is 0 Å². The summed E-state index contributed by atoms with van der Waals surface area (Å²) in [5.41, 5.74) is -0.708. The van der Waals surface area contributed by atoms with Crippen LogP contribution in [0.25, 0.3) is 0 Å². The van der Waals surface area contributed by atoms with Crippen LogP contribution in [-0.2, 0) is 14.3 Å². The standard InChI is InChI=1S/C16H17N3O4/c1-8-6-11(18-23-8)19-7-16-5-4-10(22-16)12(13(16)15(19)21)14(20)17-9-2-3-9/h4-6,9-10,12-13H,2-3,7H2,1H3,(H,17,20)/t10-,12?,13?,16-/m1/s1. The molecule has 23 heavy (non-hydrogen) atoms. The number of hydrogen-bond acceptors (Lipinski definition) is 5. The van der Waals surface area contributed by atoms with Crippen LogP contribution in [-0.4, -0.2) is 41.3 Å². The van der Waals surface area contributed by atoms with Crippen LogP contribution in [0.15, 0.2) is 22.7 Å². The number of nitrogens with zero attached hydrogens (tertiary/aromatic N) is 2. The Labute approximate surface area is 132 Å². The average molecular weight is 315 g/mol. The third kappa shape index (κ3) is 1.77. The van der Waals surface area contributed by atoms with E-state index in [4.69, 9.17) is 9.26 Å². The summed E-state index contributed by atoms with van der Waals surface area (Å²) in [4.78, 5) is 27.1. The topological polar surface area (TPSA) is 84.7 Å². The quantitative estimate of drug-likeness (QED) is 0.823. The van der Waals surface area contributed by atoms with E-state index in [0.717, 1.165) is 12.8 Å². The van der Waals surface area contributed by atoms with E-state index >= 15 is 0 Å². The van der Waals surface area contributed by atoms with Gasteiger partial charge < -0.3 is 14.6 Å². The molecule has 4 heterocycles. The Morgan fingerprint density at radius 2 is 2.30 bits per heavy atom. The van der Waals surface area contributed by atoms with Crippen molar-refractivity contribution in [3.8, 4) is 0 Å². The van der Waals surface area contributed by atoms with Crippen molar-refractivity contribution in [2.24, 2.45) is 11.8 Å². The summed E-state index contributed by atoms with van der Waals surface area (Å²) < 4.78 is 11.1. The highest BCUT2D eigenvalue weighted by molar-refractivity contribution is 6.02. The van der Waals surface area contributed by atoms with Crippen molar-refractivity contribution in [3.05, 3.63) is 24.0 Å². The Morgan fingerprint density at radius 1 is 1.48 bits per heavy atom. The number of rotatable bonds is 3. The number of carbonyl (C=O) groups is 2. The van der Waals surface area contributed by atoms with E-state index < -0.39 is 17.4 Å². The number of carbonyl (C=O) groups excluding carboxylic acids is 2. The molecule has 120 valence electrons. The summed E-state index contributed by atoms with van der Waals surface area (Å²) in [5.74, 6) is 0.0185. The van der Waals surface area contributed by atoms with Gasteiger partial charge in [0.25, 0.3) is 0 Å². The lowest BCUT2D eigenvalue weighted by atomic mass is 9.77. The van der Waals surface area contributed by atoms with Gasteiger partial charge in [-0.3, -0.25) is 14.5 Å². The van der Waals surface area contributed by atoms with Gasteiger partial charge in [0.15, 0.2) is 5.82 Å². The van der Waals surface area contributed by atoms with E-state index in [2.05, 4.69) is 10.5 Å². The van der Waals surface area contributed by atoms with Gasteiger partial charge >= 0.3 is 0 Å². The number of anilines is 1. The zero-order valence-electron chi connectivity index (χ0n) is 12.7. The van der Waals surface area contributed by atoms with Crippen molar-refractivity contribution in [3.63, 3.8) is 0 Å². The van der Waals surface area contributed by atoms with Gasteiger partial charge in [-0.15, -0.1) is 0 Å². The second-order valence-corrected chi connectivity index (χ2v) is 6.90. The van der Waals surface area contributed by atoms with Crippen LogP contribution in [0.2, 0.25) is 0 Å². The molecule has 0 radical (unpaired) electrons. The number of hydrogen-bond donors (Lipinski definition) is 1. The summed E-state index contributed by atoms with van der Waals surface area (Å²) in [6.45, 7) is 2.16. The van der Waals surface area contributed by atoms with Crippen LogP contribution in [0.1, 0.15) is 18.6 Å². The van der Waals surface area contributed by atoms with E-state index in [9.17, 15) is 9.59 Å². The number of amides is 2. The fourth-order valence-corrected chi connectivity index (χ4v) is 4.00. The largest absolute Gasteiger partial charge is 0.360 e. The summed E-state index contributed by atoms with van der Waals surface area (Å²) in [5, 5.41) is 6.94. The minimum atomic E-state index is -0.708. The molecule has 0 aromatic carbocycles. The summed E-state index contributed by atoms with van der Waals surface area (Å²) in [6, 6.07) is 2.00. The molecule has 1 aromatic heterocycles. The Bertz CT molecular complexity index is 737. The number of aromatic nitrogens is 1. The minimum absolute atomic E-state index is 0.0692. The van der Waals surface area contributed by atoms with Gasteiger partial charge in [0.2, 0.25) is 11.8 Å². The fourth-order valence-electron chi connectivity index (χ4n) is 4.00. The van der Waals surface area contributed by atoms with Crippen molar-refractivity contribution in [2.75, 3.05) is 11.4 Å². The molecule has 2 unspecified atom stereocenters. The van der Waals surface area contributed by atoms with Crippen LogP contribution in [0.4, 0.5) is 5.82 Å². The van der Waals surface area contributed by atoms with E-state index in [1.54, 1.807) is 17.9 Å². The van der Waals surface area contributed by atoms with Crippen LogP contribution in [0.3, 0.4) is 0 Å². The van der Waals surface area contributed by atoms with Gasteiger partial charge in [-0.25, -0.2) is 0 Å². The van der Waals surface area contributed by atoms with E-state index in [1.165, 1.54) is 0 Å². The van der Waals surface area contributed by atoms with Gasteiger partial charge in [-0.2, -0.15) is 0 Å². The lowest BCUT2D eigenvalue weighted by Gasteiger charge is -2.23. The molecule has 1 saturated carbocycles. The van der Waals surface area contributed by atoms with Gasteiger partial charge in [0.05, 0.1) is 24.5 Å². The first-order chi connectivity index (χ1) is 11.1. The predicted octanol–water partition coefficient (Wildman–Crippen LogP) is 0.548. The first-order valence-corrected chi connectivity index (χ1v) is 8.00. The maximum atomic E-state index is 12.9. The molecular formula is C16H17N3O4. The molecule has 1 aromatic rings. The summed E-state index contributed by atoms with van der Waals surface area (Å²) >= 11 is 0. The molecule has 7 nitrogen and oxygen atoms in total. The van der Waals surface area contributed by atoms with Crippen LogP contribution >= 0.6 is 0 Å². The molecule has 1 spiro atoms. The Kier molecular flexibility index (Phi) is 2.44. The first kappa shape index (κ1) is 13.3. The average Bonchev–Trinajstić information content (AvgIpc) is 2.87. The second-order valence-electron chi connectivity index (χ2n) is 6.90. The molecule has 4 atom stereocenters. The number of nitrogens with one attached hydrogen (secondary N) is 1. The monoisotopic (exact) mass is 315 g/mol. The maximum Gasteiger partial charge on any atom is 0.235 e. The molecule has 7 heteroatoms. The highest BCUT2D eigenvalue weighted by Gasteiger charge is 2.67. The van der Waals surface area contributed by atoms with Crippen molar-refractivity contribution >= 4 is 17.6 Å². The smallest absolute Gasteiger partial charge is 0.235 e. The number of fused-ring (bicyclic) bond motifs is 1. The van der Waals surface area contributed by atoms with Gasteiger partial charge in [-0.1, -0.05) is 17.3 Å². The lowest BCUT2D eigenvalue weighted by molar-refractivity contribution is -0.132. The van der Waals surface area contributed by atoms with E-state index in [-0.39, 0.29) is 24.0 Å². The molecule has 1 aliphatic carbocycles. The van der Waals surface area contributed by atoms with Crippen molar-refractivity contribution < 1.29 is 18.8 Å². The molecular weight excluding hydrogens is 298 g/mol. The zero-order chi connectivity index (χ0) is 15.8. The SMILES string of the molecule is Cc1cc(N2C[C@@]34C=C[C@@H](O3)C(C(=O)NC3CC3)C4C2=O)no1. The molecule has 1 N–H and O–H groups in total. The fraction of sp³-hybridized carbons (Fsp3) is 0.562. The third-order valence-corrected chi connectivity index (χ3v) is 5.22. The van der Waals surface area contributed by atoms with E-state index in [1.807, 2.05) is 12.2 Å². The van der Waals surface area contributed by atoms with Gasteiger partial charge in [-0.05, 0) is 19.8 Å². The highest BCUT2D eigenvalue weighted by Crippen LogP contribution is 2.52. The summed E-state index contributed by atoms with van der Waals surface area (Å²) in [7, 11) is 0. The molecule has 2 bridgehead atoms. The molecule has 3 aliphatic heterocycles. The third-order valence-electron chi connectivity index (χ3n) is 5.22. The highest BCUT2D eigenvalue weighted by atomic mass is 16.5. The maximum absolute atomic E-state index is 12.9. The molecule has 4 aliphatic rings. The Balaban J connectivity index is 1.48. The molecule has 2 amide bonds. The van der Waals surface area contributed by atoms with E-state index in [0.29, 0.717) is 18.1 Å². The first-order valence-electron chi connectivity index (χ1n) is 8.00. The normalized spacial score (nSPS) is 37.5. The van der Waals surface area contributed by atoms with Gasteiger partial charge in [0.1, 0.15) is 11.4 Å². The molecule has 2 saturated heterocycles.